The molecule has 2 aromatic rings. The van der Waals surface area contributed by atoms with Crippen LogP contribution in [-0.2, 0) is 0 Å². The highest BCUT2D eigenvalue weighted by atomic mass is 16.5. The highest BCUT2D eigenvalue weighted by Gasteiger charge is 2.11. The van der Waals surface area contributed by atoms with Gasteiger partial charge in [0.15, 0.2) is 0 Å². The summed E-state index contributed by atoms with van der Waals surface area (Å²) in [6, 6.07) is 2.06. The molecule has 4 heteroatoms. The molecule has 2 atom stereocenters. The van der Waals surface area contributed by atoms with Crippen molar-refractivity contribution in [3.8, 4) is 5.75 Å². The van der Waals surface area contributed by atoms with Gasteiger partial charge in [0.25, 0.3) is 0 Å². The van der Waals surface area contributed by atoms with E-state index in [1.54, 1.807) is 19.6 Å². The maximum absolute atomic E-state index is 5.22. The monoisotopic (exact) mass is 271 g/mol. The minimum Gasteiger partial charge on any atom is -0.495 e. The van der Waals surface area contributed by atoms with Gasteiger partial charge in [-0.05, 0) is 41.9 Å². The molecule has 0 N–H and O–H groups in total. The second-order valence-corrected chi connectivity index (χ2v) is 5.21. The molecule has 2 unspecified atom stereocenters. The quantitative estimate of drug-likeness (QED) is 0.806. The second-order valence-electron chi connectivity index (χ2n) is 5.21. The zero-order valence-corrected chi connectivity index (χ0v) is 12.3. The van der Waals surface area contributed by atoms with Crippen LogP contribution in [0.25, 0.3) is 0 Å². The number of nitrogens with zero attached hydrogens (tertiary/aromatic N) is 3. The number of pyridine rings is 1. The van der Waals surface area contributed by atoms with Gasteiger partial charge in [-0.1, -0.05) is 13.8 Å². The van der Waals surface area contributed by atoms with Crippen LogP contribution in [0.5, 0.6) is 5.75 Å². The first-order valence-corrected chi connectivity index (χ1v) is 6.94. The summed E-state index contributed by atoms with van der Waals surface area (Å²) >= 11 is 0. The van der Waals surface area contributed by atoms with Gasteiger partial charge in [-0.3, -0.25) is 4.98 Å². The second kappa shape index (κ2) is 6.98. The van der Waals surface area contributed by atoms with Crippen LogP contribution < -0.4 is 4.74 Å². The number of hydrogen-bond donors (Lipinski definition) is 0. The number of rotatable bonds is 6. The van der Waals surface area contributed by atoms with Crippen molar-refractivity contribution in [3.05, 3.63) is 48.3 Å². The van der Waals surface area contributed by atoms with Crippen molar-refractivity contribution in [2.75, 3.05) is 7.11 Å². The van der Waals surface area contributed by atoms with Crippen LogP contribution in [-0.4, -0.2) is 22.1 Å². The van der Waals surface area contributed by atoms with Gasteiger partial charge in [-0.25, -0.2) is 9.97 Å². The summed E-state index contributed by atoms with van der Waals surface area (Å²) in [7, 11) is 1.67. The largest absolute Gasteiger partial charge is 0.495 e. The highest BCUT2D eigenvalue weighted by molar-refractivity contribution is 5.25. The molecule has 0 fully saturated rings. The van der Waals surface area contributed by atoms with Gasteiger partial charge in [0.2, 0.25) is 0 Å². The molecule has 0 saturated heterocycles. The molecule has 0 aliphatic heterocycles. The van der Waals surface area contributed by atoms with Gasteiger partial charge in [-0.2, -0.15) is 0 Å². The Balaban J connectivity index is 1.93. The van der Waals surface area contributed by atoms with Gasteiger partial charge >= 0.3 is 0 Å². The third-order valence-corrected chi connectivity index (χ3v) is 3.72. The average molecular weight is 271 g/mol. The summed E-state index contributed by atoms with van der Waals surface area (Å²) in [5, 5.41) is 0. The van der Waals surface area contributed by atoms with Crippen LogP contribution in [0, 0.1) is 0 Å². The number of methoxy groups -OCH3 is 1. The van der Waals surface area contributed by atoms with E-state index in [-0.39, 0.29) is 0 Å². The summed E-state index contributed by atoms with van der Waals surface area (Å²) in [4.78, 5) is 12.4. The van der Waals surface area contributed by atoms with E-state index < -0.39 is 0 Å². The summed E-state index contributed by atoms with van der Waals surface area (Å²) < 4.78 is 5.22. The molecule has 0 spiro atoms. The molecule has 0 aliphatic carbocycles. The lowest BCUT2D eigenvalue weighted by atomic mass is 9.91. The third-order valence-electron chi connectivity index (χ3n) is 3.72. The van der Waals surface area contributed by atoms with Gasteiger partial charge in [0.05, 0.1) is 13.3 Å². The average Bonchev–Trinajstić information content (AvgIpc) is 2.53. The van der Waals surface area contributed by atoms with Crippen molar-refractivity contribution >= 4 is 0 Å². The van der Waals surface area contributed by atoms with E-state index in [4.69, 9.17) is 4.74 Å². The Morgan fingerprint density at radius 2 is 1.50 bits per heavy atom. The lowest BCUT2D eigenvalue weighted by molar-refractivity contribution is 0.411. The zero-order chi connectivity index (χ0) is 14.4. The fourth-order valence-corrected chi connectivity index (χ4v) is 2.22. The Morgan fingerprint density at radius 1 is 0.900 bits per heavy atom. The molecule has 0 amide bonds. The maximum atomic E-state index is 5.22. The molecule has 0 radical (unpaired) electrons. The van der Waals surface area contributed by atoms with Gasteiger partial charge < -0.3 is 4.74 Å². The summed E-state index contributed by atoms with van der Waals surface area (Å²) in [6.07, 6.45) is 11.2. The molecule has 4 nitrogen and oxygen atoms in total. The lowest BCUT2D eigenvalue weighted by Crippen LogP contribution is -2.00. The molecule has 0 saturated carbocycles. The summed E-state index contributed by atoms with van der Waals surface area (Å²) in [5.74, 6) is 1.75. The molecule has 2 rings (SSSR count). The number of aromatic nitrogens is 3. The Kier molecular flexibility index (Phi) is 5.04. The smallest absolute Gasteiger partial charge is 0.137 e. The Morgan fingerprint density at radius 3 is 2.15 bits per heavy atom. The number of hydrogen-bond acceptors (Lipinski definition) is 4. The van der Waals surface area contributed by atoms with E-state index in [1.807, 2.05) is 18.6 Å². The molecule has 0 aliphatic rings. The minimum absolute atomic E-state index is 0.463. The van der Waals surface area contributed by atoms with Crippen molar-refractivity contribution in [2.24, 2.45) is 0 Å². The van der Waals surface area contributed by atoms with E-state index in [9.17, 15) is 0 Å². The predicted molar refractivity (Wildman–Crippen MR) is 78.9 cm³/mol. The molecular weight excluding hydrogens is 250 g/mol. The van der Waals surface area contributed by atoms with E-state index in [0.29, 0.717) is 11.8 Å². The first kappa shape index (κ1) is 14.4. The highest BCUT2D eigenvalue weighted by Crippen LogP contribution is 2.27. The lowest BCUT2D eigenvalue weighted by Gasteiger charge is -2.16. The van der Waals surface area contributed by atoms with Crippen LogP contribution in [0.2, 0.25) is 0 Å². The zero-order valence-electron chi connectivity index (χ0n) is 12.3. The van der Waals surface area contributed by atoms with E-state index in [2.05, 4.69) is 34.9 Å². The van der Waals surface area contributed by atoms with Crippen molar-refractivity contribution in [2.45, 2.75) is 38.5 Å². The Bertz CT molecular complexity index is 530. The standard InChI is InChI=1S/C16H21N3O/c1-12(14-6-16(20-3)10-17-7-14)4-5-13(2)15-8-18-11-19-9-15/h6-13H,4-5H2,1-3H3. The van der Waals surface area contributed by atoms with E-state index in [1.165, 1.54) is 11.1 Å². The van der Waals surface area contributed by atoms with Crippen LogP contribution in [0.1, 0.15) is 49.7 Å². The van der Waals surface area contributed by atoms with Crippen molar-refractivity contribution < 1.29 is 4.74 Å². The third kappa shape index (κ3) is 3.76. The first-order valence-electron chi connectivity index (χ1n) is 6.94. The number of ether oxygens (including phenoxy) is 1. The Labute approximate surface area is 120 Å². The molecule has 20 heavy (non-hydrogen) atoms. The van der Waals surface area contributed by atoms with Crippen molar-refractivity contribution in [1.29, 1.82) is 0 Å². The van der Waals surface area contributed by atoms with Crippen LogP contribution >= 0.6 is 0 Å². The fourth-order valence-electron chi connectivity index (χ4n) is 2.22. The van der Waals surface area contributed by atoms with E-state index in [0.717, 1.165) is 18.6 Å². The molecule has 0 bridgehead atoms. The summed E-state index contributed by atoms with van der Waals surface area (Å²) in [5.41, 5.74) is 2.42. The topological polar surface area (TPSA) is 47.9 Å². The fraction of sp³-hybridized carbons (Fsp3) is 0.438. The van der Waals surface area contributed by atoms with Crippen LogP contribution in [0.3, 0.4) is 0 Å². The van der Waals surface area contributed by atoms with Gasteiger partial charge in [0.1, 0.15) is 12.1 Å². The molecule has 2 aromatic heterocycles. The molecule has 106 valence electrons. The summed E-state index contributed by atoms with van der Waals surface area (Å²) in [6.45, 7) is 4.44. The van der Waals surface area contributed by atoms with E-state index >= 15 is 0 Å². The normalized spacial score (nSPS) is 13.8. The minimum atomic E-state index is 0.463. The van der Waals surface area contributed by atoms with Gasteiger partial charge in [-0.15, -0.1) is 0 Å². The maximum Gasteiger partial charge on any atom is 0.137 e. The van der Waals surface area contributed by atoms with Crippen LogP contribution in [0.4, 0.5) is 0 Å². The first-order chi connectivity index (χ1) is 9.70. The predicted octanol–water partition coefficient (Wildman–Crippen LogP) is 3.57. The Hall–Kier alpha value is -1.97. The van der Waals surface area contributed by atoms with Crippen LogP contribution in [0.15, 0.2) is 37.2 Å². The van der Waals surface area contributed by atoms with Crippen molar-refractivity contribution in [1.82, 2.24) is 15.0 Å². The van der Waals surface area contributed by atoms with Crippen molar-refractivity contribution in [3.63, 3.8) is 0 Å². The molecular formula is C16H21N3O. The van der Waals surface area contributed by atoms with Gasteiger partial charge in [0, 0.05) is 18.6 Å². The molecule has 2 heterocycles. The SMILES string of the molecule is COc1cncc(C(C)CCC(C)c2cncnc2)c1. The molecule has 0 aromatic carbocycles.